The zero-order valence-electron chi connectivity index (χ0n) is 26.5. The fraction of sp³-hybridized carbons (Fsp3) is 0.395. The summed E-state index contributed by atoms with van der Waals surface area (Å²) >= 11 is 0. The Labute approximate surface area is 276 Å². The van der Waals surface area contributed by atoms with Crippen molar-refractivity contribution in [2.75, 3.05) is 6.61 Å². The number of allylic oxidation sites excluding steroid dienone is 1. The minimum atomic E-state index is -1.05. The molecule has 4 atom stereocenters. The number of aromatic hydroxyl groups is 1. The van der Waals surface area contributed by atoms with Gasteiger partial charge in [0.25, 0.3) is 0 Å². The van der Waals surface area contributed by atoms with E-state index in [1.165, 1.54) is 0 Å². The van der Waals surface area contributed by atoms with Gasteiger partial charge in [-0.05, 0) is 109 Å². The molecule has 3 fully saturated rings. The molecule has 9 heteroatoms. The van der Waals surface area contributed by atoms with Gasteiger partial charge in [0.1, 0.15) is 18.1 Å². The summed E-state index contributed by atoms with van der Waals surface area (Å²) in [7, 11) is -1.05. The summed E-state index contributed by atoms with van der Waals surface area (Å²) in [4.78, 5) is 34.4. The number of pyridine rings is 1. The smallest absolute Gasteiger partial charge is 0.455 e. The van der Waals surface area contributed by atoms with Gasteiger partial charge in [0.2, 0.25) is 11.8 Å². The molecule has 2 aromatic carbocycles. The largest absolute Gasteiger partial charge is 0.508 e. The first kappa shape index (κ1) is 31.4. The number of ether oxygens (including phenoxy) is 1. The third kappa shape index (κ3) is 6.65. The van der Waals surface area contributed by atoms with Crippen molar-refractivity contribution in [3.63, 3.8) is 0 Å². The highest BCUT2D eigenvalue weighted by atomic mass is 16.5. The molecular weight excluding hydrogens is 591 g/mol. The molecule has 7 rings (SSSR count). The average molecular weight is 633 g/mol. The summed E-state index contributed by atoms with van der Waals surface area (Å²) in [6.07, 6.45) is 10.2. The molecule has 1 saturated carbocycles. The van der Waals surface area contributed by atoms with Crippen LogP contribution in [-0.4, -0.2) is 57.7 Å². The van der Waals surface area contributed by atoms with Crippen molar-refractivity contribution in [3.8, 4) is 11.5 Å². The second-order valence-corrected chi connectivity index (χ2v) is 13.3. The van der Waals surface area contributed by atoms with E-state index < -0.39 is 25.1 Å². The zero-order chi connectivity index (χ0) is 32.3. The number of likely N-dealkylation sites (tertiary alicyclic amines) is 1. The lowest BCUT2D eigenvalue weighted by Gasteiger charge is -2.43. The van der Waals surface area contributed by atoms with E-state index in [9.17, 15) is 19.7 Å². The Hall–Kier alpha value is -4.21. The van der Waals surface area contributed by atoms with Crippen molar-refractivity contribution in [1.82, 2.24) is 9.88 Å². The molecule has 8 nitrogen and oxygen atoms in total. The minimum absolute atomic E-state index is 0.0339. The Morgan fingerprint density at radius 2 is 1.72 bits per heavy atom. The second kappa shape index (κ2) is 13.9. The van der Waals surface area contributed by atoms with Crippen LogP contribution in [0, 0.1) is 17.8 Å². The molecule has 0 unspecified atom stereocenters. The van der Waals surface area contributed by atoms with Gasteiger partial charge in [-0.1, -0.05) is 55.7 Å². The first-order chi connectivity index (χ1) is 23.0. The number of para-hydroxylation sites is 1. The number of nitrogens with zero attached hydrogens (tertiary/aromatic N) is 2. The fourth-order valence-electron chi connectivity index (χ4n) is 8.19. The van der Waals surface area contributed by atoms with E-state index in [0.29, 0.717) is 19.3 Å². The van der Waals surface area contributed by atoms with Gasteiger partial charge in [0.05, 0.1) is 23.6 Å². The van der Waals surface area contributed by atoms with E-state index in [1.807, 2.05) is 60.7 Å². The Morgan fingerprint density at radius 3 is 2.47 bits per heavy atom. The van der Waals surface area contributed by atoms with Crippen LogP contribution < -0.4 is 4.74 Å². The number of fused-ring (bicyclic) bond motifs is 3. The Kier molecular flexibility index (Phi) is 9.27. The lowest BCUT2D eigenvalue weighted by molar-refractivity contribution is -0.143. The first-order valence-electron chi connectivity index (χ1n) is 17.0. The molecule has 2 amide bonds. The number of phenolic OH excluding ortho intramolecular Hbond substituents is 1. The highest BCUT2D eigenvalue weighted by Gasteiger charge is 2.58. The van der Waals surface area contributed by atoms with Crippen LogP contribution in [0.1, 0.15) is 62.6 Å². The molecule has 4 aliphatic rings. The first-order valence-corrected chi connectivity index (χ1v) is 17.0. The van der Waals surface area contributed by atoms with Crippen LogP contribution in [0.2, 0.25) is 6.32 Å². The van der Waals surface area contributed by atoms with E-state index in [4.69, 9.17) is 9.39 Å². The van der Waals surface area contributed by atoms with E-state index >= 15 is 0 Å². The summed E-state index contributed by atoms with van der Waals surface area (Å²) in [5, 5.41) is 20.9. The number of rotatable bonds is 9. The summed E-state index contributed by atoms with van der Waals surface area (Å²) in [6, 6.07) is 22.4. The van der Waals surface area contributed by atoms with E-state index in [0.717, 1.165) is 65.8 Å². The van der Waals surface area contributed by atoms with E-state index in [-0.39, 0.29) is 42.5 Å². The predicted molar refractivity (Wildman–Crippen MR) is 180 cm³/mol. The molecular formula is C38H41BN2O6. The van der Waals surface area contributed by atoms with Crippen LogP contribution in [0.15, 0.2) is 90.1 Å². The number of benzene rings is 2. The molecule has 3 heterocycles. The number of amides is 2. The van der Waals surface area contributed by atoms with Crippen molar-refractivity contribution in [3.05, 3.63) is 101 Å². The summed E-state index contributed by atoms with van der Waals surface area (Å²) in [5.41, 5.74) is 4.75. The monoisotopic (exact) mass is 632 g/mol. The highest BCUT2D eigenvalue weighted by Crippen LogP contribution is 2.51. The maximum atomic E-state index is 14.2. The van der Waals surface area contributed by atoms with Crippen molar-refractivity contribution >= 4 is 30.6 Å². The maximum absolute atomic E-state index is 14.2. The summed E-state index contributed by atoms with van der Waals surface area (Å²) < 4.78 is 12.6. The van der Waals surface area contributed by atoms with Crippen LogP contribution in [0.3, 0.4) is 0 Å². The lowest BCUT2D eigenvalue weighted by Crippen LogP contribution is -2.47. The van der Waals surface area contributed by atoms with Crippen LogP contribution in [0.25, 0.3) is 11.6 Å². The molecule has 2 aliphatic carbocycles. The number of aromatic nitrogens is 1. The Balaban J connectivity index is 1.22. The molecule has 1 aromatic heterocycles. The lowest BCUT2D eigenvalue weighted by atomic mass is 9.58. The Bertz CT molecular complexity index is 1640. The SMILES string of the molecule is O=C1[C@@H]2[C@@H](CC(COc3ccccc3)=C3[C@@H](CC/C(=C/c4ccc(O)cc4)c4ccccn4)OB(O)C[C@@H]32)C(=O)N1C1CCCCC1. The number of carbonyl (C=O) groups excluding carboxylic acids is 2. The van der Waals surface area contributed by atoms with Gasteiger partial charge in [-0.2, -0.15) is 0 Å². The molecule has 3 aromatic rings. The molecule has 2 N–H and O–H groups in total. The van der Waals surface area contributed by atoms with Crippen LogP contribution in [0.4, 0.5) is 0 Å². The van der Waals surface area contributed by atoms with Crippen LogP contribution in [-0.2, 0) is 14.2 Å². The van der Waals surface area contributed by atoms with Crippen molar-refractivity contribution in [1.29, 1.82) is 0 Å². The number of hydrogen-bond acceptors (Lipinski definition) is 7. The van der Waals surface area contributed by atoms with E-state index in [2.05, 4.69) is 11.1 Å². The number of hydrogen-bond donors (Lipinski definition) is 2. The van der Waals surface area contributed by atoms with Gasteiger partial charge in [-0.3, -0.25) is 19.5 Å². The highest BCUT2D eigenvalue weighted by molar-refractivity contribution is 6.43. The normalized spacial score (nSPS) is 25.2. The fourth-order valence-corrected chi connectivity index (χ4v) is 8.19. The molecule has 242 valence electrons. The zero-order valence-corrected chi connectivity index (χ0v) is 26.5. The van der Waals surface area contributed by atoms with Gasteiger partial charge in [0.15, 0.2) is 0 Å². The topological polar surface area (TPSA) is 109 Å². The summed E-state index contributed by atoms with van der Waals surface area (Å²) in [5.74, 6) is -0.449. The van der Waals surface area contributed by atoms with E-state index in [1.54, 1.807) is 23.2 Å². The molecule has 0 spiro atoms. The minimum Gasteiger partial charge on any atom is -0.508 e. The standard InChI is InChI=1S/C38H41BN2O6/c42-29-17-14-25(15-18-29)21-26(33-13-7-8-20-40-33)16-19-34-35-27(24-46-30-11-5-2-6-12-30)22-31-36(32(35)23-39(45)47-34)38(44)41(37(31)43)28-9-3-1-4-10-28/h2,5-8,11-15,17-18,20-21,28,31-32,34,36,42,45H,1,3-4,9-10,16,19,22-24H2/b26-21-/t31-,32+,34-,36-/m1/s1. The molecule has 2 saturated heterocycles. The molecule has 2 aliphatic heterocycles. The van der Waals surface area contributed by atoms with Crippen LogP contribution >= 0.6 is 0 Å². The maximum Gasteiger partial charge on any atom is 0.455 e. The van der Waals surface area contributed by atoms with Gasteiger partial charge in [-0.15, -0.1) is 0 Å². The second-order valence-electron chi connectivity index (χ2n) is 13.3. The van der Waals surface area contributed by atoms with Crippen molar-refractivity contribution in [2.24, 2.45) is 17.8 Å². The van der Waals surface area contributed by atoms with Gasteiger partial charge < -0.3 is 19.5 Å². The number of carbonyl (C=O) groups is 2. The van der Waals surface area contributed by atoms with Crippen LogP contribution in [0.5, 0.6) is 11.5 Å². The quantitative estimate of drug-likeness (QED) is 0.162. The van der Waals surface area contributed by atoms with Gasteiger partial charge >= 0.3 is 7.12 Å². The van der Waals surface area contributed by atoms with Crippen molar-refractivity contribution in [2.45, 2.75) is 69.8 Å². The molecule has 0 radical (unpaired) electrons. The van der Waals surface area contributed by atoms with Gasteiger partial charge in [0, 0.05) is 12.2 Å². The average Bonchev–Trinajstić information content (AvgIpc) is 3.36. The predicted octanol–water partition coefficient (Wildman–Crippen LogP) is 6.32. The van der Waals surface area contributed by atoms with Gasteiger partial charge in [-0.25, -0.2) is 0 Å². The number of phenols is 1. The third-order valence-corrected chi connectivity index (χ3v) is 10.3. The Morgan fingerprint density at radius 1 is 0.957 bits per heavy atom. The molecule has 0 bridgehead atoms. The molecule has 47 heavy (non-hydrogen) atoms. The number of imide groups is 1. The van der Waals surface area contributed by atoms with Crippen molar-refractivity contribution < 1.29 is 29.1 Å². The third-order valence-electron chi connectivity index (χ3n) is 10.3. The summed E-state index contributed by atoms with van der Waals surface area (Å²) in [6.45, 7) is 0.288.